The maximum absolute atomic E-state index is 5.98. The predicted octanol–water partition coefficient (Wildman–Crippen LogP) is 3.48. The zero-order valence-electron chi connectivity index (χ0n) is 15.5. The van der Waals surface area contributed by atoms with Crippen LogP contribution in [0.5, 0.6) is 5.75 Å². The van der Waals surface area contributed by atoms with Crippen LogP contribution in [0.15, 0.2) is 29.3 Å². The van der Waals surface area contributed by atoms with Crippen molar-refractivity contribution < 1.29 is 9.47 Å². The minimum Gasteiger partial charge on any atom is -0.489 e. The lowest BCUT2D eigenvalue weighted by molar-refractivity contribution is 0.0732. The van der Waals surface area contributed by atoms with Gasteiger partial charge in [0.2, 0.25) is 0 Å². The second-order valence-electron chi connectivity index (χ2n) is 6.79. The van der Waals surface area contributed by atoms with Crippen LogP contribution in [-0.4, -0.2) is 45.9 Å². The number of hydrogen-bond donors (Lipinski definition) is 2. The van der Waals surface area contributed by atoms with Gasteiger partial charge in [0.05, 0.1) is 6.54 Å². The summed E-state index contributed by atoms with van der Waals surface area (Å²) in [4.78, 5) is 4.31. The third kappa shape index (κ3) is 6.40. The van der Waals surface area contributed by atoms with Crippen molar-refractivity contribution in [2.45, 2.75) is 38.7 Å². The molecule has 6 heteroatoms. The fourth-order valence-corrected chi connectivity index (χ4v) is 3.24. The Labute approximate surface area is 156 Å². The number of nitrogens with one attached hydrogen (secondary N) is 2. The highest BCUT2D eigenvalue weighted by Crippen LogP contribution is 2.43. The third-order valence-electron chi connectivity index (χ3n) is 4.80. The first-order valence-electron chi connectivity index (χ1n) is 8.92. The first-order chi connectivity index (χ1) is 12.1. The Bertz CT molecular complexity index is 561. The van der Waals surface area contributed by atoms with E-state index in [0.717, 1.165) is 31.3 Å². The van der Waals surface area contributed by atoms with Gasteiger partial charge in [-0.15, -0.1) is 0 Å². The number of guanidine groups is 1. The van der Waals surface area contributed by atoms with Gasteiger partial charge in [0, 0.05) is 32.3 Å². The van der Waals surface area contributed by atoms with Gasteiger partial charge in [-0.1, -0.05) is 24.1 Å². The Kier molecular flexibility index (Phi) is 7.85. The summed E-state index contributed by atoms with van der Waals surface area (Å²) >= 11 is 5.98. The first kappa shape index (κ1) is 19.9. The highest BCUT2D eigenvalue weighted by molar-refractivity contribution is 6.30. The number of rotatable bonds is 9. The van der Waals surface area contributed by atoms with Crippen molar-refractivity contribution in [1.29, 1.82) is 0 Å². The predicted molar refractivity (Wildman–Crippen MR) is 104 cm³/mol. The number of methoxy groups -OCH3 is 1. The van der Waals surface area contributed by atoms with Crippen molar-refractivity contribution in [2.75, 3.05) is 33.9 Å². The molecule has 2 rings (SSSR count). The first-order valence-corrected chi connectivity index (χ1v) is 9.30. The lowest BCUT2D eigenvalue weighted by Gasteiger charge is -2.42. The van der Waals surface area contributed by atoms with Gasteiger partial charge >= 0.3 is 0 Å². The molecule has 1 aliphatic rings. The minimum absolute atomic E-state index is 0.00294. The fourth-order valence-electron chi connectivity index (χ4n) is 3.06. The van der Waals surface area contributed by atoms with Crippen molar-refractivity contribution >= 4 is 17.6 Å². The largest absolute Gasteiger partial charge is 0.489 e. The second kappa shape index (κ2) is 9.88. The third-order valence-corrected chi connectivity index (χ3v) is 5.03. The number of halogens is 1. The number of aliphatic imine (C=N–C) groups is 1. The molecule has 1 aliphatic carbocycles. The van der Waals surface area contributed by atoms with Crippen LogP contribution >= 0.6 is 11.6 Å². The standard InChI is InChI=1S/C19H30ClN3O2/c1-15(25-17-7-4-6-16(20)12-17)13-22-18(21-2)23-14-19(8-5-9-19)10-11-24-3/h4,6-7,12,15H,5,8-11,13-14H2,1-3H3,(H2,21,22,23). The van der Waals surface area contributed by atoms with Crippen LogP contribution in [-0.2, 0) is 4.74 Å². The lowest BCUT2D eigenvalue weighted by Crippen LogP contribution is -2.48. The quantitative estimate of drug-likeness (QED) is 0.518. The molecule has 0 saturated heterocycles. The molecule has 1 fully saturated rings. The maximum atomic E-state index is 5.98. The Hall–Kier alpha value is -1.46. The molecular weight excluding hydrogens is 338 g/mol. The van der Waals surface area contributed by atoms with Crippen molar-refractivity contribution in [3.63, 3.8) is 0 Å². The van der Waals surface area contributed by atoms with Crippen LogP contribution in [0.4, 0.5) is 0 Å². The van der Waals surface area contributed by atoms with E-state index in [1.807, 2.05) is 31.2 Å². The summed E-state index contributed by atoms with van der Waals surface area (Å²) in [5.41, 5.74) is 0.358. The van der Waals surface area contributed by atoms with E-state index in [2.05, 4.69) is 15.6 Å². The second-order valence-corrected chi connectivity index (χ2v) is 7.23. The Morgan fingerprint density at radius 3 is 2.76 bits per heavy atom. The lowest BCUT2D eigenvalue weighted by atomic mass is 9.67. The summed E-state index contributed by atoms with van der Waals surface area (Å²) in [6, 6.07) is 7.45. The molecule has 1 aromatic carbocycles. The van der Waals surface area contributed by atoms with Crippen molar-refractivity contribution in [3.05, 3.63) is 29.3 Å². The Balaban J connectivity index is 1.74. The molecule has 0 aliphatic heterocycles. The van der Waals surface area contributed by atoms with Crippen LogP contribution < -0.4 is 15.4 Å². The van der Waals surface area contributed by atoms with Gasteiger partial charge in [0.15, 0.2) is 5.96 Å². The van der Waals surface area contributed by atoms with Gasteiger partial charge in [0.25, 0.3) is 0 Å². The molecule has 2 N–H and O–H groups in total. The summed E-state index contributed by atoms with van der Waals surface area (Å²) in [5, 5.41) is 7.46. The summed E-state index contributed by atoms with van der Waals surface area (Å²) in [5.74, 6) is 1.59. The Morgan fingerprint density at radius 2 is 2.16 bits per heavy atom. The van der Waals surface area contributed by atoms with E-state index in [1.165, 1.54) is 19.3 Å². The monoisotopic (exact) mass is 367 g/mol. The van der Waals surface area contributed by atoms with E-state index in [1.54, 1.807) is 14.2 Å². The highest BCUT2D eigenvalue weighted by atomic mass is 35.5. The van der Waals surface area contributed by atoms with E-state index in [9.17, 15) is 0 Å². The molecule has 1 atom stereocenters. The van der Waals surface area contributed by atoms with Crippen LogP contribution in [0.3, 0.4) is 0 Å². The number of ether oxygens (including phenoxy) is 2. The molecule has 0 spiro atoms. The van der Waals surface area contributed by atoms with Gasteiger partial charge in [-0.25, -0.2) is 0 Å². The summed E-state index contributed by atoms with van der Waals surface area (Å²) in [7, 11) is 3.56. The minimum atomic E-state index is 0.00294. The van der Waals surface area contributed by atoms with E-state index in [0.29, 0.717) is 17.0 Å². The van der Waals surface area contributed by atoms with Gasteiger partial charge < -0.3 is 20.1 Å². The van der Waals surface area contributed by atoms with Gasteiger partial charge in [0.1, 0.15) is 11.9 Å². The van der Waals surface area contributed by atoms with Gasteiger partial charge in [-0.3, -0.25) is 4.99 Å². The molecule has 1 unspecified atom stereocenters. The summed E-state index contributed by atoms with van der Waals surface area (Å²) in [6.07, 6.45) is 4.93. The van der Waals surface area contributed by atoms with Crippen molar-refractivity contribution in [3.8, 4) is 5.75 Å². The zero-order valence-corrected chi connectivity index (χ0v) is 16.2. The van der Waals surface area contributed by atoms with Crippen LogP contribution in [0.25, 0.3) is 0 Å². The topological polar surface area (TPSA) is 54.9 Å². The van der Waals surface area contributed by atoms with E-state index >= 15 is 0 Å². The summed E-state index contributed by atoms with van der Waals surface area (Å²) in [6.45, 7) is 4.43. The SMILES string of the molecule is CN=C(NCC(C)Oc1cccc(Cl)c1)NCC1(CCOC)CCC1. The zero-order chi connectivity index (χ0) is 18.1. The van der Waals surface area contributed by atoms with Gasteiger partial charge in [-0.05, 0) is 49.8 Å². The average Bonchev–Trinajstić information content (AvgIpc) is 2.56. The molecule has 5 nitrogen and oxygen atoms in total. The molecule has 0 amide bonds. The highest BCUT2D eigenvalue weighted by Gasteiger charge is 2.36. The van der Waals surface area contributed by atoms with Crippen LogP contribution in [0.1, 0.15) is 32.6 Å². The Morgan fingerprint density at radius 1 is 1.36 bits per heavy atom. The molecule has 0 bridgehead atoms. The van der Waals surface area contributed by atoms with Crippen LogP contribution in [0.2, 0.25) is 5.02 Å². The van der Waals surface area contributed by atoms with Gasteiger partial charge in [-0.2, -0.15) is 0 Å². The fraction of sp³-hybridized carbons (Fsp3) is 0.632. The van der Waals surface area contributed by atoms with E-state index in [4.69, 9.17) is 21.1 Å². The van der Waals surface area contributed by atoms with Crippen LogP contribution in [0, 0.1) is 5.41 Å². The average molecular weight is 368 g/mol. The molecule has 1 saturated carbocycles. The number of benzene rings is 1. The molecule has 0 radical (unpaired) electrons. The molecule has 0 heterocycles. The number of hydrogen-bond acceptors (Lipinski definition) is 3. The van der Waals surface area contributed by atoms with Crippen molar-refractivity contribution in [1.82, 2.24) is 10.6 Å². The molecule has 0 aromatic heterocycles. The van der Waals surface area contributed by atoms with Crippen molar-refractivity contribution in [2.24, 2.45) is 10.4 Å². The smallest absolute Gasteiger partial charge is 0.191 e. The molecular formula is C19H30ClN3O2. The molecule has 140 valence electrons. The maximum Gasteiger partial charge on any atom is 0.191 e. The van der Waals surface area contributed by atoms with E-state index < -0.39 is 0 Å². The van der Waals surface area contributed by atoms with E-state index in [-0.39, 0.29) is 6.10 Å². The molecule has 1 aromatic rings. The number of nitrogens with zero attached hydrogens (tertiary/aromatic N) is 1. The summed E-state index contributed by atoms with van der Waals surface area (Å²) < 4.78 is 11.1. The molecule has 25 heavy (non-hydrogen) atoms. The normalized spacial score (nSPS) is 17.5.